The van der Waals surface area contributed by atoms with E-state index in [2.05, 4.69) is 11.3 Å². The van der Waals surface area contributed by atoms with Gasteiger partial charge in [-0.15, -0.1) is 0 Å². The first kappa shape index (κ1) is 12.9. The van der Waals surface area contributed by atoms with E-state index in [1.807, 2.05) is 0 Å². The third kappa shape index (κ3) is 3.41. The lowest BCUT2D eigenvalue weighted by atomic mass is 9.92. The van der Waals surface area contributed by atoms with Gasteiger partial charge in [0.15, 0.2) is 0 Å². The van der Waals surface area contributed by atoms with Gasteiger partial charge in [-0.3, -0.25) is 10.1 Å². The van der Waals surface area contributed by atoms with Crippen molar-refractivity contribution in [2.45, 2.75) is 5.92 Å². The number of nitro groups is 1. The number of carbonyl (C=O) groups excluding carboxylic acids is 1. The molecule has 1 aromatic carbocycles. The zero-order valence-electron chi connectivity index (χ0n) is 9.46. The monoisotopic (exact) mass is 235 g/mol. The highest BCUT2D eigenvalue weighted by molar-refractivity contribution is 5.89. The highest BCUT2D eigenvalue weighted by atomic mass is 16.6. The van der Waals surface area contributed by atoms with Gasteiger partial charge >= 0.3 is 5.97 Å². The Hall–Kier alpha value is -2.17. The van der Waals surface area contributed by atoms with Gasteiger partial charge in [0.25, 0.3) is 0 Å². The van der Waals surface area contributed by atoms with Crippen molar-refractivity contribution in [3.8, 4) is 0 Å². The van der Waals surface area contributed by atoms with Crippen LogP contribution in [0.15, 0.2) is 42.5 Å². The Labute approximate surface area is 98.9 Å². The number of rotatable bonds is 5. The van der Waals surface area contributed by atoms with E-state index in [1.54, 1.807) is 30.3 Å². The molecule has 0 bridgehead atoms. The van der Waals surface area contributed by atoms with Crippen LogP contribution in [0, 0.1) is 10.1 Å². The van der Waals surface area contributed by atoms with Crippen LogP contribution in [-0.4, -0.2) is 24.5 Å². The number of hydrogen-bond acceptors (Lipinski definition) is 4. The largest absolute Gasteiger partial charge is 0.466 e. The molecule has 90 valence electrons. The molecule has 0 aliphatic rings. The van der Waals surface area contributed by atoms with Crippen molar-refractivity contribution >= 4 is 5.97 Å². The van der Waals surface area contributed by atoms with Crippen molar-refractivity contribution in [3.05, 3.63) is 58.2 Å². The summed E-state index contributed by atoms with van der Waals surface area (Å²) in [5, 5.41) is 10.6. The molecular formula is C12H13NO4. The van der Waals surface area contributed by atoms with Crippen LogP contribution < -0.4 is 0 Å². The first-order chi connectivity index (χ1) is 8.06. The minimum atomic E-state index is -0.654. The molecule has 0 amide bonds. The summed E-state index contributed by atoms with van der Waals surface area (Å²) in [7, 11) is 1.22. The van der Waals surface area contributed by atoms with Crippen molar-refractivity contribution in [3.63, 3.8) is 0 Å². The molecule has 1 unspecified atom stereocenters. The minimum Gasteiger partial charge on any atom is -0.466 e. The zero-order valence-corrected chi connectivity index (χ0v) is 9.46. The van der Waals surface area contributed by atoms with Gasteiger partial charge in [-0.05, 0) is 5.56 Å². The van der Waals surface area contributed by atoms with Crippen molar-refractivity contribution in [2.24, 2.45) is 0 Å². The van der Waals surface area contributed by atoms with Crippen LogP contribution >= 0.6 is 0 Å². The van der Waals surface area contributed by atoms with E-state index < -0.39 is 16.8 Å². The van der Waals surface area contributed by atoms with Crippen molar-refractivity contribution in [1.29, 1.82) is 0 Å². The molecule has 5 nitrogen and oxygen atoms in total. The summed E-state index contributed by atoms with van der Waals surface area (Å²) in [6.45, 7) is 3.20. The van der Waals surface area contributed by atoms with Crippen LogP contribution in [0.4, 0.5) is 0 Å². The molecule has 0 heterocycles. The van der Waals surface area contributed by atoms with Gasteiger partial charge in [0.05, 0.1) is 13.0 Å². The van der Waals surface area contributed by atoms with Crippen molar-refractivity contribution in [2.75, 3.05) is 13.7 Å². The molecule has 1 aromatic rings. The molecule has 0 saturated heterocycles. The molecule has 0 N–H and O–H groups in total. The normalized spacial score (nSPS) is 11.6. The van der Waals surface area contributed by atoms with Crippen LogP contribution in [-0.2, 0) is 9.53 Å². The van der Waals surface area contributed by atoms with E-state index in [-0.39, 0.29) is 12.1 Å². The number of benzene rings is 1. The SMILES string of the molecule is C=C(C(=O)OC)C(C[N+](=O)[O-])c1ccccc1. The fourth-order valence-electron chi connectivity index (χ4n) is 1.52. The van der Waals surface area contributed by atoms with Crippen molar-refractivity contribution in [1.82, 2.24) is 0 Å². The number of carbonyl (C=O) groups is 1. The van der Waals surface area contributed by atoms with E-state index in [0.29, 0.717) is 5.56 Å². The third-order valence-electron chi connectivity index (χ3n) is 2.40. The first-order valence-corrected chi connectivity index (χ1v) is 5.00. The molecule has 0 fully saturated rings. The smallest absolute Gasteiger partial charge is 0.334 e. The van der Waals surface area contributed by atoms with Gasteiger partial charge in [-0.2, -0.15) is 0 Å². The molecular weight excluding hydrogens is 222 g/mol. The highest BCUT2D eigenvalue weighted by Gasteiger charge is 2.26. The van der Waals surface area contributed by atoms with Gasteiger partial charge in [-0.1, -0.05) is 36.9 Å². The van der Waals surface area contributed by atoms with Gasteiger partial charge in [-0.25, -0.2) is 4.79 Å². The molecule has 0 radical (unpaired) electrons. The summed E-state index contributed by atoms with van der Waals surface area (Å²) in [5.41, 5.74) is 0.773. The molecule has 17 heavy (non-hydrogen) atoms. The first-order valence-electron chi connectivity index (χ1n) is 5.00. The summed E-state index contributed by atoms with van der Waals surface area (Å²) >= 11 is 0. The quantitative estimate of drug-likeness (QED) is 0.337. The van der Waals surface area contributed by atoms with E-state index in [0.717, 1.165) is 0 Å². The van der Waals surface area contributed by atoms with E-state index in [1.165, 1.54) is 7.11 Å². The number of nitrogens with zero attached hydrogens (tertiary/aromatic N) is 1. The average Bonchev–Trinajstić information content (AvgIpc) is 2.35. The predicted octanol–water partition coefficient (Wildman–Crippen LogP) is 1.78. The lowest BCUT2D eigenvalue weighted by Gasteiger charge is -2.14. The van der Waals surface area contributed by atoms with Crippen LogP contribution in [0.3, 0.4) is 0 Å². The lowest BCUT2D eigenvalue weighted by molar-refractivity contribution is -0.481. The van der Waals surface area contributed by atoms with Gasteiger partial charge in [0.2, 0.25) is 6.54 Å². The molecule has 0 aliphatic carbocycles. The standard InChI is InChI=1S/C12H13NO4/c1-9(12(14)17-2)11(8-13(15)16)10-6-4-3-5-7-10/h3-7,11H,1,8H2,2H3. The van der Waals surface area contributed by atoms with Crippen LogP contribution in [0.2, 0.25) is 0 Å². The maximum Gasteiger partial charge on any atom is 0.334 e. The number of hydrogen-bond donors (Lipinski definition) is 0. The molecule has 0 spiro atoms. The van der Waals surface area contributed by atoms with E-state index in [9.17, 15) is 14.9 Å². The van der Waals surface area contributed by atoms with Gasteiger partial charge in [0.1, 0.15) is 0 Å². The molecule has 0 aliphatic heterocycles. The summed E-state index contributed by atoms with van der Waals surface area (Å²) in [6.07, 6.45) is 0. The highest BCUT2D eigenvalue weighted by Crippen LogP contribution is 2.24. The van der Waals surface area contributed by atoms with Gasteiger partial charge in [0, 0.05) is 10.5 Å². The van der Waals surface area contributed by atoms with Crippen LogP contribution in [0.1, 0.15) is 11.5 Å². The summed E-state index contributed by atoms with van der Waals surface area (Å²) in [6, 6.07) is 8.76. The summed E-state index contributed by atoms with van der Waals surface area (Å²) in [5.74, 6) is -1.28. The molecule has 0 saturated carbocycles. The Kier molecular flexibility index (Phi) is 4.39. The second kappa shape index (κ2) is 5.79. The Bertz CT molecular complexity index is 427. The Morgan fingerprint density at radius 3 is 2.53 bits per heavy atom. The maximum atomic E-state index is 11.4. The topological polar surface area (TPSA) is 69.4 Å². The number of methoxy groups -OCH3 is 1. The minimum absolute atomic E-state index is 0.0930. The van der Waals surface area contributed by atoms with Crippen molar-refractivity contribution < 1.29 is 14.5 Å². The number of esters is 1. The second-order valence-corrected chi connectivity index (χ2v) is 3.50. The summed E-state index contributed by atoms with van der Waals surface area (Å²) in [4.78, 5) is 21.5. The molecule has 0 aromatic heterocycles. The molecule has 5 heteroatoms. The Balaban J connectivity index is 3.00. The summed E-state index contributed by atoms with van der Waals surface area (Å²) < 4.78 is 4.53. The Morgan fingerprint density at radius 2 is 2.06 bits per heavy atom. The molecule has 1 atom stereocenters. The third-order valence-corrected chi connectivity index (χ3v) is 2.40. The van der Waals surface area contributed by atoms with Crippen LogP contribution in [0.5, 0.6) is 0 Å². The zero-order chi connectivity index (χ0) is 12.8. The van der Waals surface area contributed by atoms with E-state index >= 15 is 0 Å². The fourth-order valence-corrected chi connectivity index (χ4v) is 1.52. The average molecular weight is 235 g/mol. The molecule has 1 rings (SSSR count). The lowest BCUT2D eigenvalue weighted by Crippen LogP contribution is -2.19. The maximum absolute atomic E-state index is 11.4. The number of ether oxygens (including phenoxy) is 1. The van der Waals surface area contributed by atoms with E-state index in [4.69, 9.17) is 0 Å². The second-order valence-electron chi connectivity index (χ2n) is 3.50. The fraction of sp³-hybridized carbons (Fsp3) is 0.250. The van der Waals surface area contributed by atoms with Crippen LogP contribution in [0.25, 0.3) is 0 Å². The predicted molar refractivity (Wildman–Crippen MR) is 62.2 cm³/mol. The Morgan fingerprint density at radius 1 is 1.47 bits per heavy atom. The van der Waals surface area contributed by atoms with Gasteiger partial charge < -0.3 is 4.74 Å².